The molecule has 0 spiro atoms. The molecule has 6 nitrogen and oxygen atoms in total. The number of halogens is 1. The predicted octanol–water partition coefficient (Wildman–Crippen LogP) is 2.07. The third-order valence-electron chi connectivity index (χ3n) is 5.46. The highest BCUT2D eigenvalue weighted by atomic mass is 19.1. The van der Waals surface area contributed by atoms with Crippen LogP contribution >= 0.6 is 0 Å². The van der Waals surface area contributed by atoms with Crippen LogP contribution in [-0.2, 0) is 20.8 Å². The number of carbonyl (C=O) groups excluding carboxylic acids is 2. The van der Waals surface area contributed by atoms with Crippen LogP contribution < -0.4 is 0 Å². The Kier molecular flexibility index (Phi) is 6.08. The van der Waals surface area contributed by atoms with Crippen LogP contribution in [0.1, 0.15) is 37.7 Å². The van der Waals surface area contributed by atoms with Crippen molar-refractivity contribution in [2.24, 2.45) is 5.92 Å². The van der Waals surface area contributed by atoms with E-state index in [4.69, 9.17) is 0 Å². The van der Waals surface area contributed by atoms with Crippen LogP contribution in [0.4, 0.5) is 4.39 Å². The van der Waals surface area contributed by atoms with Crippen LogP contribution in [0.5, 0.6) is 0 Å². The highest BCUT2D eigenvalue weighted by molar-refractivity contribution is 5.86. The molecule has 27 heavy (non-hydrogen) atoms. The van der Waals surface area contributed by atoms with Crippen molar-refractivity contribution in [3.63, 3.8) is 0 Å². The quantitative estimate of drug-likeness (QED) is 0.873. The molecule has 2 atom stereocenters. The van der Waals surface area contributed by atoms with Gasteiger partial charge in [0.25, 0.3) is 0 Å². The monoisotopic (exact) mass is 376 g/mol. The lowest BCUT2D eigenvalue weighted by molar-refractivity contribution is -0.155. The summed E-state index contributed by atoms with van der Waals surface area (Å²) in [7, 11) is 0. The van der Waals surface area contributed by atoms with Crippen LogP contribution in [-0.4, -0.2) is 58.4 Å². The normalized spacial score (nSPS) is 23.1. The fraction of sp³-hybridized carbons (Fsp3) is 0.550. The summed E-state index contributed by atoms with van der Waals surface area (Å²) in [4.78, 5) is 40.1. The number of hydrogen-bond donors (Lipinski definition) is 1. The zero-order chi connectivity index (χ0) is 19.4. The molecule has 146 valence electrons. The number of carbonyl (C=O) groups is 3. The van der Waals surface area contributed by atoms with Crippen molar-refractivity contribution in [2.45, 2.75) is 44.6 Å². The minimum Gasteiger partial charge on any atom is -0.480 e. The lowest BCUT2D eigenvalue weighted by Gasteiger charge is -2.38. The smallest absolute Gasteiger partial charge is 0.326 e. The molecule has 2 aliphatic rings. The van der Waals surface area contributed by atoms with E-state index in [0.717, 1.165) is 24.8 Å². The molecule has 0 aromatic heterocycles. The molecule has 0 unspecified atom stereocenters. The van der Waals surface area contributed by atoms with E-state index in [0.29, 0.717) is 32.5 Å². The van der Waals surface area contributed by atoms with Gasteiger partial charge >= 0.3 is 5.97 Å². The highest BCUT2D eigenvalue weighted by Gasteiger charge is 2.37. The standard InChI is InChI=1S/C20H25FN2O4/c21-16-8-6-14(7-9-16)12-18(24)22-10-3-4-15(13-22)19(25)23-11-2-1-5-17(23)20(26)27/h6-9,15,17H,1-5,10-13H2,(H,26,27)/t15-,17+/m1/s1. The summed E-state index contributed by atoms with van der Waals surface area (Å²) in [5.74, 6) is -1.89. The number of hydrogen-bond acceptors (Lipinski definition) is 3. The molecule has 7 heteroatoms. The van der Waals surface area contributed by atoms with Crippen molar-refractivity contribution in [3.8, 4) is 0 Å². The third-order valence-corrected chi connectivity index (χ3v) is 5.46. The molecular formula is C20H25FN2O4. The van der Waals surface area contributed by atoms with Crippen molar-refractivity contribution in [2.75, 3.05) is 19.6 Å². The fourth-order valence-corrected chi connectivity index (χ4v) is 3.98. The molecule has 2 aliphatic heterocycles. The van der Waals surface area contributed by atoms with E-state index < -0.39 is 12.0 Å². The van der Waals surface area contributed by atoms with Gasteiger partial charge in [0.15, 0.2) is 0 Å². The van der Waals surface area contributed by atoms with Gasteiger partial charge in [0, 0.05) is 19.6 Å². The topological polar surface area (TPSA) is 77.9 Å². The molecule has 1 N–H and O–H groups in total. The Labute approximate surface area is 157 Å². The van der Waals surface area contributed by atoms with Crippen molar-refractivity contribution in [1.82, 2.24) is 9.80 Å². The summed E-state index contributed by atoms with van der Waals surface area (Å²) in [5.41, 5.74) is 0.733. The fourth-order valence-electron chi connectivity index (χ4n) is 3.98. The van der Waals surface area contributed by atoms with Gasteiger partial charge in [-0.2, -0.15) is 0 Å². The maximum Gasteiger partial charge on any atom is 0.326 e. The van der Waals surface area contributed by atoms with E-state index >= 15 is 0 Å². The minimum atomic E-state index is -0.955. The molecule has 2 amide bonds. The largest absolute Gasteiger partial charge is 0.480 e. The number of rotatable bonds is 4. The first-order chi connectivity index (χ1) is 13.0. The molecule has 2 heterocycles. The molecule has 1 aromatic rings. The molecule has 2 fully saturated rings. The Balaban J connectivity index is 1.62. The number of piperidine rings is 2. The number of likely N-dealkylation sites (tertiary alicyclic amines) is 2. The minimum absolute atomic E-state index is 0.0902. The van der Waals surface area contributed by atoms with Crippen LogP contribution in [0.15, 0.2) is 24.3 Å². The summed E-state index contributed by atoms with van der Waals surface area (Å²) in [6.07, 6.45) is 3.67. The summed E-state index contributed by atoms with van der Waals surface area (Å²) in [6, 6.07) is 5.08. The zero-order valence-electron chi connectivity index (χ0n) is 15.3. The van der Waals surface area contributed by atoms with Gasteiger partial charge in [-0.15, -0.1) is 0 Å². The number of amides is 2. The Hall–Kier alpha value is -2.44. The van der Waals surface area contributed by atoms with Gasteiger partial charge in [-0.3, -0.25) is 9.59 Å². The molecule has 1 aromatic carbocycles. The van der Waals surface area contributed by atoms with Crippen molar-refractivity contribution in [1.29, 1.82) is 0 Å². The molecule has 0 radical (unpaired) electrons. The molecule has 0 saturated carbocycles. The highest BCUT2D eigenvalue weighted by Crippen LogP contribution is 2.25. The zero-order valence-corrected chi connectivity index (χ0v) is 15.3. The average Bonchev–Trinajstić information content (AvgIpc) is 2.69. The van der Waals surface area contributed by atoms with Gasteiger partial charge in [-0.25, -0.2) is 9.18 Å². The molecular weight excluding hydrogens is 351 g/mol. The summed E-state index contributed by atoms with van der Waals surface area (Å²) in [5, 5.41) is 9.39. The van der Waals surface area contributed by atoms with Gasteiger partial charge < -0.3 is 14.9 Å². The molecule has 0 aliphatic carbocycles. The van der Waals surface area contributed by atoms with E-state index in [1.807, 2.05) is 0 Å². The van der Waals surface area contributed by atoms with Gasteiger partial charge in [0.1, 0.15) is 11.9 Å². The summed E-state index contributed by atoms with van der Waals surface area (Å²) < 4.78 is 13.0. The van der Waals surface area contributed by atoms with E-state index in [1.165, 1.54) is 17.0 Å². The van der Waals surface area contributed by atoms with Crippen molar-refractivity contribution < 1.29 is 23.9 Å². The second kappa shape index (κ2) is 8.50. The van der Waals surface area contributed by atoms with E-state index in [1.54, 1.807) is 17.0 Å². The maximum atomic E-state index is 13.0. The Bertz CT molecular complexity index is 706. The van der Waals surface area contributed by atoms with Crippen LogP contribution in [0, 0.1) is 11.7 Å². The van der Waals surface area contributed by atoms with Gasteiger partial charge in [-0.05, 0) is 49.8 Å². The molecule has 3 rings (SSSR count). The Morgan fingerprint density at radius 3 is 2.48 bits per heavy atom. The van der Waals surface area contributed by atoms with E-state index in [-0.39, 0.29) is 30.0 Å². The number of aliphatic carboxylic acids is 1. The van der Waals surface area contributed by atoms with Crippen LogP contribution in [0.25, 0.3) is 0 Å². The summed E-state index contributed by atoms with van der Waals surface area (Å²) in [6.45, 7) is 1.38. The van der Waals surface area contributed by atoms with Crippen molar-refractivity contribution >= 4 is 17.8 Å². The lowest BCUT2D eigenvalue weighted by Crippen LogP contribution is -2.53. The van der Waals surface area contributed by atoms with Gasteiger partial charge in [0.2, 0.25) is 11.8 Å². The van der Waals surface area contributed by atoms with Crippen LogP contribution in [0.3, 0.4) is 0 Å². The SMILES string of the molecule is O=C(O)[C@@H]1CCCCN1C(=O)[C@@H]1CCCN(C(=O)Cc2ccc(F)cc2)C1. The average molecular weight is 376 g/mol. The first kappa shape index (κ1) is 19.3. The number of carboxylic acid groups (broad SMARTS) is 1. The van der Waals surface area contributed by atoms with Crippen LogP contribution in [0.2, 0.25) is 0 Å². The second-order valence-electron chi connectivity index (χ2n) is 7.36. The molecule has 0 bridgehead atoms. The van der Waals surface area contributed by atoms with Gasteiger partial charge in [-0.1, -0.05) is 12.1 Å². The number of benzene rings is 1. The lowest BCUT2D eigenvalue weighted by atomic mass is 9.93. The first-order valence-electron chi connectivity index (χ1n) is 9.51. The third kappa shape index (κ3) is 4.64. The predicted molar refractivity (Wildman–Crippen MR) is 96.4 cm³/mol. The maximum absolute atomic E-state index is 13.0. The summed E-state index contributed by atoms with van der Waals surface area (Å²) >= 11 is 0. The van der Waals surface area contributed by atoms with E-state index in [9.17, 15) is 23.9 Å². The number of carboxylic acids is 1. The Morgan fingerprint density at radius 1 is 1.04 bits per heavy atom. The molecule has 2 saturated heterocycles. The van der Waals surface area contributed by atoms with Crippen molar-refractivity contribution in [3.05, 3.63) is 35.6 Å². The van der Waals surface area contributed by atoms with E-state index in [2.05, 4.69) is 0 Å². The first-order valence-corrected chi connectivity index (χ1v) is 9.51. The Morgan fingerprint density at radius 2 is 1.78 bits per heavy atom. The second-order valence-corrected chi connectivity index (χ2v) is 7.36. The number of nitrogens with zero attached hydrogens (tertiary/aromatic N) is 2. The van der Waals surface area contributed by atoms with Gasteiger partial charge in [0.05, 0.1) is 12.3 Å².